The van der Waals surface area contributed by atoms with Gasteiger partial charge in [0.05, 0.1) is 0 Å². The van der Waals surface area contributed by atoms with Crippen molar-refractivity contribution in [2.24, 2.45) is 0 Å². The van der Waals surface area contributed by atoms with E-state index >= 15 is 0 Å². The fourth-order valence-corrected chi connectivity index (χ4v) is 2.61. The Hall–Kier alpha value is -0.330. The van der Waals surface area contributed by atoms with Crippen LogP contribution in [-0.2, 0) is 0 Å². The van der Waals surface area contributed by atoms with Crippen LogP contribution in [0.3, 0.4) is 0 Å². The topological polar surface area (TPSA) is 18.5 Å². The van der Waals surface area contributed by atoms with Crippen molar-refractivity contribution in [3.63, 3.8) is 0 Å². The Kier molecular flexibility index (Phi) is 6.56. The molecule has 1 N–H and O–H groups in total. The van der Waals surface area contributed by atoms with Crippen molar-refractivity contribution in [2.45, 2.75) is 44.4 Å². The van der Waals surface area contributed by atoms with Crippen LogP contribution >= 0.6 is 0 Å². The minimum absolute atomic E-state index is 0.0504. The molecule has 1 aliphatic heterocycles. The molecule has 0 aromatic heterocycles. The molecule has 0 aliphatic carbocycles. The molecule has 0 spiro atoms. The molecule has 0 aromatic carbocycles. The summed E-state index contributed by atoms with van der Waals surface area (Å²) in [5.41, 5.74) is 0. The average molecular weight is 281 g/mol. The third kappa shape index (κ3) is 6.58. The molecular weight excluding hydrogens is 255 g/mol. The Balaban J connectivity index is 2.47. The second kappa shape index (κ2) is 7.45. The fourth-order valence-electron chi connectivity index (χ4n) is 2.61. The molecule has 0 amide bonds. The van der Waals surface area contributed by atoms with Gasteiger partial charge in [0.2, 0.25) is 0 Å². The predicted octanol–water partition coefficient (Wildman–Crippen LogP) is 1.94. The number of hydrogen-bond donors (Lipinski definition) is 1. The lowest BCUT2D eigenvalue weighted by molar-refractivity contribution is -0.137. The minimum atomic E-state index is -4.05. The highest BCUT2D eigenvalue weighted by Gasteiger charge is 2.30. The molecule has 19 heavy (non-hydrogen) atoms. The average Bonchev–Trinajstić information content (AvgIpc) is 2.30. The molecule has 0 radical (unpaired) electrons. The zero-order valence-electron chi connectivity index (χ0n) is 12.1. The van der Waals surface area contributed by atoms with Crippen LogP contribution in [0, 0.1) is 0 Å². The van der Waals surface area contributed by atoms with E-state index in [0.29, 0.717) is 6.04 Å². The third-order valence-electron chi connectivity index (χ3n) is 3.81. The first-order valence-corrected chi connectivity index (χ1v) is 7.00. The van der Waals surface area contributed by atoms with Crippen LogP contribution in [0.2, 0.25) is 0 Å². The van der Waals surface area contributed by atoms with E-state index in [1.807, 2.05) is 6.92 Å². The lowest BCUT2D eigenvalue weighted by Crippen LogP contribution is -2.52. The van der Waals surface area contributed by atoms with Crippen LogP contribution in [0.4, 0.5) is 13.2 Å². The van der Waals surface area contributed by atoms with E-state index in [1.54, 1.807) is 0 Å². The number of hydrogen-bond acceptors (Lipinski definition) is 3. The molecule has 2 unspecified atom stereocenters. The van der Waals surface area contributed by atoms with E-state index in [1.165, 1.54) is 0 Å². The highest BCUT2D eigenvalue weighted by Crippen LogP contribution is 2.24. The van der Waals surface area contributed by atoms with Gasteiger partial charge in [0, 0.05) is 38.1 Å². The minimum Gasteiger partial charge on any atom is -0.314 e. The van der Waals surface area contributed by atoms with E-state index in [9.17, 15) is 13.2 Å². The maximum atomic E-state index is 12.3. The van der Waals surface area contributed by atoms with E-state index < -0.39 is 12.6 Å². The SMILES string of the molecule is CCNC(CCC(F)(F)F)CC1CN(C)CCN1C. The number of nitrogens with zero attached hydrogens (tertiary/aromatic N) is 2. The summed E-state index contributed by atoms with van der Waals surface area (Å²) in [6, 6.07) is 0.293. The molecule has 0 saturated carbocycles. The van der Waals surface area contributed by atoms with E-state index in [0.717, 1.165) is 32.6 Å². The first kappa shape index (κ1) is 16.7. The van der Waals surface area contributed by atoms with Crippen molar-refractivity contribution >= 4 is 0 Å². The molecule has 1 heterocycles. The van der Waals surface area contributed by atoms with Gasteiger partial charge in [-0.1, -0.05) is 6.92 Å². The summed E-state index contributed by atoms with van der Waals surface area (Å²) in [5, 5.41) is 3.19. The summed E-state index contributed by atoms with van der Waals surface area (Å²) in [7, 11) is 4.13. The molecule has 3 nitrogen and oxygen atoms in total. The van der Waals surface area contributed by atoms with Gasteiger partial charge in [0.25, 0.3) is 0 Å². The fraction of sp³-hybridized carbons (Fsp3) is 1.00. The molecule has 2 atom stereocenters. The molecule has 1 aliphatic rings. The quantitative estimate of drug-likeness (QED) is 0.803. The van der Waals surface area contributed by atoms with Gasteiger partial charge in [-0.3, -0.25) is 0 Å². The van der Waals surface area contributed by atoms with Crippen LogP contribution in [0.5, 0.6) is 0 Å². The second-order valence-electron chi connectivity index (χ2n) is 5.54. The predicted molar refractivity (Wildman–Crippen MR) is 71.3 cm³/mol. The van der Waals surface area contributed by atoms with Gasteiger partial charge in [-0.2, -0.15) is 13.2 Å². The molecular formula is C13H26F3N3. The Morgan fingerprint density at radius 2 is 1.95 bits per heavy atom. The molecule has 6 heteroatoms. The number of nitrogens with one attached hydrogen (secondary N) is 1. The first-order chi connectivity index (χ1) is 8.81. The van der Waals surface area contributed by atoms with Gasteiger partial charge in [-0.25, -0.2) is 0 Å². The number of piperazine rings is 1. The van der Waals surface area contributed by atoms with Crippen molar-refractivity contribution in [2.75, 3.05) is 40.3 Å². The van der Waals surface area contributed by atoms with E-state index in [4.69, 9.17) is 0 Å². The van der Waals surface area contributed by atoms with Crippen molar-refractivity contribution in [1.29, 1.82) is 0 Å². The number of rotatable bonds is 6. The molecule has 1 fully saturated rings. The van der Waals surface area contributed by atoms with Crippen LogP contribution in [0.15, 0.2) is 0 Å². The van der Waals surface area contributed by atoms with E-state index in [-0.39, 0.29) is 12.5 Å². The zero-order valence-corrected chi connectivity index (χ0v) is 12.1. The van der Waals surface area contributed by atoms with Gasteiger partial charge in [0.1, 0.15) is 0 Å². The Bertz CT molecular complexity index is 258. The van der Waals surface area contributed by atoms with Crippen molar-refractivity contribution in [3.8, 4) is 0 Å². The largest absolute Gasteiger partial charge is 0.389 e. The first-order valence-electron chi connectivity index (χ1n) is 7.00. The van der Waals surface area contributed by atoms with Crippen LogP contribution in [0.1, 0.15) is 26.2 Å². The lowest BCUT2D eigenvalue weighted by Gasteiger charge is -2.39. The number of alkyl halides is 3. The lowest BCUT2D eigenvalue weighted by atomic mass is 9.99. The van der Waals surface area contributed by atoms with Crippen molar-refractivity contribution < 1.29 is 13.2 Å². The molecule has 1 saturated heterocycles. The van der Waals surface area contributed by atoms with Gasteiger partial charge in [-0.15, -0.1) is 0 Å². The Morgan fingerprint density at radius 3 is 2.53 bits per heavy atom. The second-order valence-corrected chi connectivity index (χ2v) is 5.54. The van der Waals surface area contributed by atoms with Crippen molar-refractivity contribution in [1.82, 2.24) is 15.1 Å². The van der Waals surface area contributed by atoms with Crippen LogP contribution < -0.4 is 5.32 Å². The van der Waals surface area contributed by atoms with Crippen LogP contribution in [0.25, 0.3) is 0 Å². The summed E-state index contributed by atoms with van der Waals surface area (Å²) in [5.74, 6) is 0. The summed E-state index contributed by atoms with van der Waals surface area (Å²) < 4.78 is 37.0. The highest BCUT2D eigenvalue weighted by atomic mass is 19.4. The molecule has 114 valence electrons. The highest BCUT2D eigenvalue weighted by molar-refractivity contribution is 4.83. The molecule has 0 aromatic rings. The third-order valence-corrected chi connectivity index (χ3v) is 3.81. The standard InChI is InChI=1S/C13H26F3N3/c1-4-17-11(5-6-13(14,15)16)9-12-10-18(2)7-8-19(12)3/h11-12,17H,4-10H2,1-3H3. The Morgan fingerprint density at radius 1 is 1.26 bits per heavy atom. The van der Waals surface area contributed by atoms with Gasteiger partial charge < -0.3 is 15.1 Å². The summed E-state index contributed by atoms with van der Waals surface area (Å²) >= 11 is 0. The van der Waals surface area contributed by atoms with Gasteiger partial charge in [-0.05, 0) is 33.5 Å². The summed E-state index contributed by atoms with van der Waals surface area (Å²) in [4.78, 5) is 4.51. The monoisotopic (exact) mass is 281 g/mol. The maximum absolute atomic E-state index is 12.3. The van der Waals surface area contributed by atoms with Gasteiger partial charge in [0.15, 0.2) is 0 Å². The van der Waals surface area contributed by atoms with Gasteiger partial charge >= 0.3 is 6.18 Å². The van der Waals surface area contributed by atoms with Crippen molar-refractivity contribution in [3.05, 3.63) is 0 Å². The number of halogens is 3. The number of likely N-dealkylation sites (N-methyl/N-ethyl adjacent to an activating group) is 2. The Labute approximate surface area is 114 Å². The molecule has 0 bridgehead atoms. The normalized spacial score (nSPS) is 24.6. The molecule has 1 rings (SSSR count). The maximum Gasteiger partial charge on any atom is 0.389 e. The smallest absolute Gasteiger partial charge is 0.314 e. The van der Waals surface area contributed by atoms with Crippen LogP contribution in [-0.4, -0.2) is 68.3 Å². The summed E-state index contributed by atoms with van der Waals surface area (Å²) in [6.07, 6.45) is -3.80. The summed E-state index contributed by atoms with van der Waals surface area (Å²) in [6.45, 7) is 5.61. The zero-order chi connectivity index (χ0) is 14.5. The van der Waals surface area contributed by atoms with E-state index in [2.05, 4.69) is 29.2 Å².